The van der Waals surface area contributed by atoms with Crippen LogP contribution in [0.5, 0.6) is 5.75 Å². The lowest BCUT2D eigenvalue weighted by atomic mass is 9.82. The summed E-state index contributed by atoms with van der Waals surface area (Å²) in [6.07, 6.45) is 1.09. The van der Waals surface area contributed by atoms with Crippen molar-refractivity contribution in [2.24, 2.45) is 0 Å². The average Bonchev–Trinajstić information content (AvgIpc) is 2.75. The number of benzene rings is 3. The van der Waals surface area contributed by atoms with Crippen LogP contribution in [0.2, 0.25) is 0 Å². The molecule has 0 aliphatic rings. The van der Waals surface area contributed by atoms with Gasteiger partial charge in [0.1, 0.15) is 5.75 Å². The van der Waals surface area contributed by atoms with Crippen molar-refractivity contribution >= 4 is 17.1 Å². The molecule has 0 saturated heterocycles. The first-order valence-electron chi connectivity index (χ1n) is 9.73. The fraction of sp³-hybridized carbons (Fsp3) is 0.280. The molecular weight excluding hydrogens is 346 g/mol. The highest BCUT2D eigenvalue weighted by atomic mass is 16.5. The molecule has 146 valence electrons. The van der Waals surface area contributed by atoms with Gasteiger partial charge in [0.2, 0.25) is 0 Å². The molecular formula is C25H29NO2. The first-order chi connectivity index (χ1) is 13.5. The molecule has 0 fully saturated rings. The normalized spacial score (nSPS) is 11.3. The molecule has 0 amide bonds. The average molecular weight is 376 g/mol. The summed E-state index contributed by atoms with van der Waals surface area (Å²) in [5, 5.41) is 9.36. The zero-order valence-corrected chi connectivity index (χ0v) is 17.1. The Labute approximate surface area is 168 Å². The van der Waals surface area contributed by atoms with Gasteiger partial charge in [-0.2, -0.15) is 0 Å². The third-order valence-electron chi connectivity index (χ3n) is 5.50. The van der Waals surface area contributed by atoms with Gasteiger partial charge in [-0.25, -0.2) is 0 Å². The number of methoxy groups -OCH3 is 1. The summed E-state index contributed by atoms with van der Waals surface area (Å²) in [4.78, 5) is 2.21. The summed E-state index contributed by atoms with van der Waals surface area (Å²) in [7, 11) is 1.68. The minimum absolute atomic E-state index is 0.0453. The second-order valence-corrected chi connectivity index (χ2v) is 7.64. The third-order valence-corrected chi connectivity index (χ3v) is 5.50. The van der Waals surface area contributed by atoms with Crippen molar-refractivity contribution in [3.8, 4) is 5.75 Å². The van der Waals surface area contributed by atoms with Gasteiger partial charge in [0.05, 0.1) is 13.7 Å². The Kier molecular flexibility index (Phi) is 6.05. The molecule has 0 bridgehead atoms. The zero-order chi connectivity index (χ0) is 20.1. The number of aliphatic hydroxyl groups is 1. The predicted molar refractivity (Wildman–Crippen MR) is 117 cm³/mol. The van der Waals surface area contributed by atoms with Crippen LogP contribution in [-0.4, -0.2) is 12.2 Å². The van der Waals surface area contributed by atoms with E-state index in [2.05, 4.69) is 62.1 Å². The largest absolute Gasteiger partial charge is 0.497 e. The predicted octanol–water partition coefficient (Wildman–Crippen LogP) is 6.34. The molecule has 3 aromatic rings. The Balaban J connectivity index is 2.04. The third kappa shape index (κ3) is 4.20. The molecule has 3 rings (SSSR count). The smallest absolute Gasteiger partial charge is 0.119 e. The van der Waals surface area contributed by atoms with Crippen LogP contribution in [0.15, 0.2) is 72.8 Å². The van der Waals surface area contributed by atoms with Gasteiger partial charge in [-0.15, -0.1) is 0 Å². The van der Waals surface area contributed by atoms with Crippen LogP contribution in [0.1, 0.15) is 38.3 Å². The van der Waals surface area contributed by atoms with Crippen molar-refractivity contribution in [3.05, 3.63) is 83.9 Å². The number of aliphatic hydroxyl groups excluding tert-OH is 1. The molecule has 0 heterocycles. The molecule has 3 nitrogen and oxygen atoms in total. The highest BCUT2D eigenvalue weighted by Gasteiger charge is 2.19. The van der Waals surface area contributed by atoms with Crippen molar-refractivity contribution < 1.29 is 9.84 Å². The summed E-state index contributed by atoms with van der Waals surface area (Å²) in [5.74, 6) is 0.833. The highest BCUT2D eigenvalue weighted by molar-refractivity contribution is 5.77. The molecule has 1 N–H and O–H groups in total. The van der Waals surface area contributed by atoms with Crippen LogP contribution in [0.4, 0.5) is 17.1 Å². The van der Waals surface area contributed by atoms with Crippen molar-refractivity contribution in [1.82, 2.24) is 0 Å². The Morgan fingerprint density at radius 2 is 1.25 bits per heavy atom. The standard InChI is InChI=1S/C25H29NO2/c1-5-25(2,3)20-8-12-22(13-9-20)26(21-10-6-19(18-27)7-11-21)23-14-16-24(28-4)17-15-23/h6-17,27H,5,18H2,1-4H3. The second-order valence-electron chi connectivity index (χ2n) is 7.64. The van der Waals surface area contributed by atoms with E-state index < -0.39 is 0 Å². The van der Waals surface area contributed by atoms with Gasteiger partial charge < -0.3 is 14.7 Å². The highest BCUT2D eigenvalue weighted by Crippen LogP contribution is 2.37. The molecule has 0 aromatic heterocycles. The van der Waals surface area contributed by atoms with Gasteiger partial charge in [0.25, 0.3) is 0 Å². The van der Waals surface area contributed by atoms with Crippen LogP contribution in [0.3, 0.4) is 0 Å². The lowest BCUT2D eigenvalue weighted by Gasteiger charge is -2.28. The maximum atomic E-state index is 9.36. The van der Waals surface area contributed by atoms with Crippen LogP contribution in [-0.2, 0) is 12.0 Å². The van der Waals surface area contributed by atoms with Crippen molar-refractivity contribution in [2.75, 3.05) is 12.0 Å². The molecule has 0 aliphatic carbocycles. The first-order valence-corrected chi connectivity index (χ1v) is 9.73. The fourth-order valence-electron chi connectivity index (χ4n) is 3.19. The zero-order valence-electron chi connectivity index (χ0n) is 17.1. The summed E-state index contributed by atoms with van der Waals surface area (Å²) < 4.78 is 5.31. The Bertz CT molecular complexity index is 834. The van der Waals surface area contributed by atoms with Gasteiger partial charge in [0, 0.05) is 17.1 Å². The number of rotatable bonds is 7. The monoisotopic (exact) mass is 375 g/mol. The maximum Gasteiger partial charge on any atom is 0.119 e. The second kappa shape index (κ2) is 8.49. The summed E-state index contributed by atoms with van der Waals surface area (Å²) >= 11 is 0. The molecule has 0 unspecified atom stereocenters. The fourth-order valence-corrected chi connectivity index (χ4v) is 3.19. The van der Waals surface area contributed by atoms with E-state index in [1.54, 1.807) is 7.11 Å². The minimum Gasteiger partial charge on any atom is -0.497 e. The topological polar surface area (TPSA) is 32.7 Å². The van der Waals surface area contributed by atoms with E-state index in [0.29, 0.717) is 0 Å². The summed E-state index contributed by atoms with van der Waals surface area (Å²) in [6, 6.07) is 24.9. The van der Waals surface area contributed by atoms with Gasteiger partial charge in [-0.3, -0.25) is 0 Å². The van der Waals surface area contributed by atoms with E-state index in [-0.39, 0.29) is 12.0 Å². The van der Waals surface area contributed by atoms with E-state index >= 15 is 0 Å². The van der Waals surface area contributed by atoms with E-state index in [9.17, 15) is 5.11 Å². The Morgan fingerprint density at radius 1 is 0.786 bits per heavy atom. The number of anilines is 3. The number of hydrogen-bond donors (Lipinski definition) is 1. The number of ether oxygens (including phenoxy) is 1. The van der Waals surface area contributed by atoms with Crippen molar-refractivity contribution in [1.29, 1.82) is 0 Å². The summed E-state index contributed by atoms with van der Waals surface area (Å²) in [5.41, 5.74) is 5.59. The van der Waals surface area contributed by atoms with Gasteiger partial charge in [-0.1, -0.05) is 45.0 Å². The molecule has 0 saturated carbocycles. The van der Waals surface area contributed by atoms with Crippen LogP contribution >= 0.6 is 0 Å². The van der Waals surface area contributed by atoms with E-state index in [1.165, 1.54) is 5.56 Å². The number of nitrogens with zero attached hydrogens (tertiary/aromatic N) is 1. The lowest BCUT2D eigenvalue weighted by Crippen LogP contribution is -2.16. The molecule has 0 atom stereocenters. The van der Waals surface area contributed by atoms with E-state index in [4.69, 9.17) is 4.74 Å². The Morgan fingerprint density at radius 3 is 1.68 bits per heavy atom. The molecule has 0 aliphatic heterocycles. The minimum atomic E-state index is 0.0453. The Hall–Kier alpha value is -2.78. The van der Waals surface area contributed by atoms with E-state index in [0.717, 1.165) is 34.8 Å². The first kappa shape index (κ1) is 20.0. The van der Waals surface area contributed by atoms with Crippen molar-refractivity contribution in [2.45, 2.75) is 39.2 Å². The quantitative estimate of drug-likeness (QED) is 0.522. The molecule has 0 spiro atoms. The SMILES string of the molecule is CCC(C)(C)c1ccc(N(c2ccc(CO)cc2)c2ccc(OC)cc2)cc1. The van der Waals surface area contributed by atoms with Crippen LogP contribution in [0.25, 0.3) is 0 Å². The molecule has 0 radical (unpaired) electrons. The van der Waals surface area contributed by atoms with Gasteiger partial charge in [-0.05, 0) is 71.5 Å². The number of hydrogen-bond acceptors (Lipinski definition) is 3. The molecule has 28 heavy (non-hydrogen) atoms. The molecule has 3 heteroatoms. The van der Waals surface area contributed by atoms with Crippen LogP contribution < -0.4 is 9.64 Å². The maximum absolute atomic E-state index is 9.36. The van der Waals surface area contributed by atoms with Gasteiger partial charge in [0.15, 0.2) is 0 Å². The molecule has 3 aromatic carbocycles. The van der Waals surface area contributed by atoms with Crippen molar-refractivity contribution in [3.63, 3.8) is 0 Å². The van der Waals surface area contributed by atoms with Gasteiger partial charge >= 0.3 is 0 Å². The summed E-state index contributed by atoms with van der Waals surface area (Å²) in [6.45, 7) is 6.82. The lowest BCUT2D eigenvalue weighted by molar-refractivity contribution is 0.282. The van der Waals surface area contributed by atoms with E-state index in [1.807, 2.05) is 36.4 Å². The van der Waals surface area contributed by atoms with Crippen LogP contribution in [0, 0.1) is 0 Å².